The smallest absolute Gasteiger partial charge is 0.198 e. The first-order valence-corrected chi connectivity index (χ1v) is 3.09. The van der Waals surface area contributed by atoms with Gasteiger partial charge in [-0.2, -0.15) is 0 Å². The molecule has 1 aliphatic heterocycles. The monoisotopic (exact) mass is 229 g/mol. The Kier molecular flexibility index (Phi) is 4.11. The molecular weight excluding hydrogens is 221 g/mol. The highest BCUT2D eigenvalue weighted by Gasteiger charge is 2.02. The Morgan fingerprint density at radius 2 is 2.43 bits per heavy atom. The molecule has 0 unspecified atom stereocenters. The Hall–Kier alpha value is 0.750. The fourth-order valence-corrected chi connectivity index (χ4v) is 1.29. The molecule has 0 saturated heterocycles. The summed E-state index contributed by atoms with van der Waals surface area (Å²) in [5.41, 5.74) is 2.15. The molecule has 0 saturated carbocycles. The number of hydrogen-bond donors (Lipinski definition) is 0. The lowest BCUT2D eigenvalue weighted by molar-refractivity contribution is -0.481. The van der Waals surface area contributed by atoms with Crippen molar-refractivity contribution in [1.82, 2.24) is 0 Å². The third-order valence-electron chi connectivity index (χ3n) is 0.816. The number of thioether (sulfide) groups is 1. The maximum atomic E-state index is 2.20. The van der Waals surface area contributed by atoms with Crippen molar-refractivity contribution in [3.63, 3.8) is 0 Å². The zero-order valence-electron chi connectivity index (χ0n) is 4.22. The van der Waals surface area contributed by atoms with Gasteiger partial charge in [-0.25, -0.2) is 4.58 Å². The van der Waals surface area contributed by atoms with Gasteiger partial charge >= 0.3 is 0 Å². The Bertz CT molecular complexity index is 81.8. The topological polar surface area (TPSA) is 3.01 Å². The summed E-state index contributed by atoms with van der Waals surface area (Å²) in [7, 11) is 2.10. The molecule has 0 fully saturated rings. The lowest BCUT2D eigenvalue weighted by Gasteiger charge is -1.76. The quantitative estimate of drug-likeness (QED) is 0.325. The highest BCUT2D eigenvalue weighted by atomic mass is 127. The average Bonchev–Trinajstić information content (AvgIpc) is 1.86. The zero-order valence-corrected chi connectivity index (χ0v) is 7.20. The Morgan fingerprint density at radius 3 is 2.57 bits per heavy atom. The molecule has 0 radical (unpaired) electrons. The van der Waals surface area contributed by atoms with Gasteiger partial charge in [0.2, 0.25) is 0 Å². The van der Waals surface area contributed by atoms with Crippen molar-refractivity contribution in [2.24, 2.45) is 0 Å². The standard InChI is InChI=1S/C4H8NS.HI/c1-5-2-3-6-4-5;/h4H,2-3H2,1H3;1H/q+1;/p-1. The second kappa shape index (κ2) is 3.72. The third kappa shape index (κ3) is 2.54. The lowest BCUT2D eigenvalue weighted by Crippen LogP contribution is -3.00. The van der Waals surface area contributed by atoms with Crippen LogP contribution in [0, 0.1) is 0 Å². The van der Waals surface area contributed by atoms with Crippen molar-refractivity contribution >= 4 is 17.3 Å². The molecule has 7 heavy (non-hydrogen) atoms. The predicted octanol–water partition coefficient (Wildman–Crippen LogP) is -2.59. The molecule has 0 N–H and O–H groups in total. The van der Waals surface area contributed by atoms with Gasteiger partial charge in [0.05, 0.1) is 5.75 Å². The second-order valence-electron chi connectivity index (χ2n) is 1.46. The van der Waals surface area contributed by atoms with E-state index in [0.29, 0.717) is 0 Å². The van der Waals surface area contributed by atoms with E-state index in [0.717, 1.165) is 0 Å². The van der Waals surface area contributed by atoms with Gasteiger partial charge in [0.15, 0.2) is 12.1 Å². The van der Waals surface area contributed by atoms with E-state index in [1.54, 1.807) is 0 Å². The fraction of sp³-hybridized carbons (Fsp3) is 0.750. The molecule has 1 heterocycles. The van der Waals surface area contributed by atoms with Gasteiger partial charge in [0, 0.05) is 0 Å². The number of nitrogens with zero attached hydrogens (tertiary/aromatic N) is 1. The van der Waals surface area contributed by atoms with Gasteiger partial charge in [-0.1, -0.05) is 11.8 Å². The summed E-state index contributed by atoms with van der Waals surface area (Å²) in [6.07, 6.45) is 0. The van der Waals surface area contributed by atoms with Crippen LogP contribution in [0.25, 0.3) is 0 Å². The van der Waals surface area contributed by atoms with Crippen LogP contribution in [-0.4, -0.2) is 29.5 Å². The second-order valence-corrected chi connectivity index (χ2v) is 2.41. The third-order valence-corrected chi connectivity index (χ3v) is 1.74. The van der Waals surface area contributed by atoms with Crippen LogP contribution in [0.15, 0.2) is 0 Å². The summed E-state index contributed by atoms with van der Waals surface area (Å²) in [6.45, 7) is 1.23. The van der Waals surface area contributed by atoms with E-state index in [9.17, 15) is 0 Å². The van der Waals surface area contributed by atoms with Crippen LogP contribution in [0.5, 0.6) is 0 Å². The Labute approximate surface area is 65.2 Å². The van der Waals surface area contributed by atoms with Gasteiger partial charge < -0.3 is 24.0 Å². The Morgan fingerprint density at radius 1 is 1.71 bits per heavy atom. The first-order valence-electron chi connectivity index (χ1n) is 2.05. The molecule has 3 heteroatoms. The summed E-state index contributed by atoms with van der Waals surface area (Å²) in [5.74, 6) is 1.27. The summed E-state index contributed by atoms with van der Waals surface area (Å²) in [6, 6.07) is 0. The largest absolute Gasteiger partial charge is 1.00 e. The van der Waals surface area contributed by atoms with Crippen LogP contribution < -0.4 is 24.0 Å². The molecule has 0 aliphatic carbocycles. The molecule has 42 valence electrons. The Balaban J connectivity index is 0.000000360. The lowest BCUT2D eigenvalue weighted by atomic mass is 10.7. The molecule has 0 aromatic carbocycles. The summed E-state index contributed by atoms with van der Waals surface area (Å²) in [4.78, 5) is 0. The van der Waals surface area contributed by atoms with Gasteiger partial charge in [-0.05, 0) is 0 Å². The minimum atomic E-state index is 0. The highest BCUT2D eigenvalue weighted by molar-refractivity contribution is 8.12. The minimum absolute atomic E-state index is 0. The highest BCUT2D eigenvalue weighted by Crippen LogP contribution is 1.98. The van der Waals surface area contributed by atoms with Gasteiger partial charge in [0.25, 0.3) is 0 Å². The number of hydrogen-bond acceptors (Lipinski definition) is 1. The summed E-state index contributed by atoms with van der Waals surface area (Å²) < 4.78 is 2.20. The van der Waals surface area contributed by atoms with Gasteiger partial charge in [0.1, 0.15) is 7.05 Å². The van der Waals surface area contributed by atoms with E-state index in [1.807, 2.05) is 11.8 Å². The summed E-state index contributed by atoms with van der Waals surface area (Å²) >= 11 is 1.88. The fourth-order valence-electron chi connectivity index (χ4n) is 0.429. The van der Waals surface area contributed by atoms with Crippen LogP contribution in [0.3, 0.4) is 0 Å². The molecule has 1 rings (SSSR count). The minimum Gasteiger partial charge on any atom is -1.00 e. The van der Waals surface area contributed by atoms with E-state index in [-0.39, 0.29) is 24.0 Å². The van der Waals surface area contributed by atoms with E-state index >= 15 is 0 Å². The van der Waals surface area contributed by atoms with Crippen molar-refractivity contribution in [3.8, 4) is 0 Å². The van der Waals surface area contributed by atoms with Crippen LogP contribution in [0.1, 0.15) is 0 Å². The van der Waals surface area contributed by atoms with E-state index in [1.165, 1.54) is 12.3 Å². The average molecular weight is 229 g/mol. The molecule has 0 aromatic heterocycles. The van der Waals surface area contributed by atoms with E-state index < -0.39 is 0 Å². The van der Waals surface area contributed by atoms with Crippen LogP contribution in [-0.2, 0) is 0 Å². The molecule has 0 atom stereocenters. The van der Waals surface area contributed by atoms with Crippen molar-refractivity contribution in [2.45, 2.75) is 0 Å². The molecule has 0 bridgehead atoms. The van der Waals surface area contributed by atoms with Crippen LogP contribution in [0.4, 0.5) is 0 Å². The van der Waals surface area contributed by atoms with E-state index in [4.69, 9.17) is 0 Å². The molecule has 0 spiro atoms. The maximum absolute atomic E-state index is 2.20. The molecule has 0 amide bonds. The molecule has 0 aromatic rings. The van der Waals surface area contributed by atoms with Crippen LogP contribution in [0.2, 0.25) is 0 Å². The first-order chi connectivity index (χ1) is 2.89. The van der Waals surface area contributed by atoms with Crippen molar-refractivity contribution in [2.75, 3.05) is 19.3 Å². The van der Waals surface area contributed by atoms with Gasteiger partial charge in [-0.15, -0.1) is 0 Å². The van der Waals surface area contributed by atoms with Crippen molar-refractivity contribution in [3.05, 3.63) is 0 Å². The SMILES string of the molecule is C[N+]1=CSCC1.[I-]. The molecule has 1 nitrogen and oxygen atoms in total. The first kappa shape index (κ1) is 7.75. The van der Waals surface area contributed by atoms with Crippen molar-refractivity contribution in [1.29, 1.82) is 0 Å². The van der Waals surface area contributed by atoms with E-state index in [2.05, 4.69) is 17.2 Å². The molecule has 1 aliphatic rings. The van der Waals surface area contributed by atoms with Crippen LogP contribution >= 0.6 is 11.8 Å². The number of halogens is 1. The summed E-state index contributed by atoms with van der Waals surface area (Å²) in [5, 5.41) is 0. The predicted molar refractivity (Wildman–Crippen MR) is 29.6 cm³/mol. The van der Waals surface area contributed by atoms with Crippen molar-refractivity contribution < 1.29 is 28.6 Å². The van der Waals surface area contributed by atoms with Gasteiger partial charge in [-0.3, -0.25) is 0 Å². The normalized spacial score (nSPS) is 18.1. The maximum Gasteiger partial charge on any atom is 0.198 e. The number of rotatable bonds is 0. The zero-order chi connectivity index (χ0) is 4.41. The molecular formula is C4H8INS.